The van der Waals surface area contributed by atoms with Gasteiger partial charge >= 0.3 is 23.9 Å². The van der Waals surface area contributed by atoms with Crippen LogP contribution in [0.3, 0.4) is 0 Å². The van der Waals surface area contributed by atoms with E-state index in [1.54, 1.807) is 49.6 Å². The van der Waals surface area contributed by atoms with E-state index in [-0.39, 0.29) is 10.2 Å². The van der Waals surface area contributed by atoms with Crippen molar-refractivity contribution in [3.8, 4) is 34.2 Å². The van der Waals surface area contributed by atoms with Gasteiger partial charge in [-0.2, -0.15) is 5.26 Å². The second-order valence-corrected chi connectivity index (χ2v) is 10.7. The van der Waals surface area contributed by atoms with Crippen molar-refractivity contribution in [2.24, 2.45) is 0 Å². The van der Waals surface area contributed by atoms with Gasteiger partial charge in [0, 0.05) is 33.3 Å². The molecule has 1 aromatic heterocycles. The normalized spacial score (nSPS) is 20.5. The number of methoxy groups -OCH3 is 1. The highest BCUT2D eigenvalue weighted by atomic mass is 32.1. The molecule has 240 valence electrons. The maximum absolute atomic E-state index is 12.5. The van der Waals surface area contributed by atoms with Gasteiger partial charge in [-0.3, -0.25) is 19.2 Å². The van der Waals surface area contributed by atoms with Crippen LogP contribution in [0, 0.1) is 16.0 Å². The number of nitrogens with zero attached hydrogens (tertiary/aromatic N) is 2. The second kappa shape index (κ2) is 14.8. The summed E-state index contributed by atoms with van der Waals surface area (Å²) < 4.78 is 35.3. The summed E-state index contributed by atoms with van der Waals surface area (Å²) >= 11 is 5.95. The fraction of sp³-hybridized carbons (Fsp3) is 0.333. The number of carbonyl (C=O) groups excluding carboxylic acids is 4. The largest absolute Gasteiger partial charge is 0.497 e. The first-order valence-electron chi connectivity index (χ1n) is 14.1. The van der Waals surface area contributed by atoms with Gasteiger partial charge in [0.05, 0.1) is 18.4 Å². The lowest BCUT2D eigenvalue weighted by molar-refractivity contribution is -0.268. The Balaban J connectivity index is 2.04. The number of hydrogen-bond acceptors (Lipinski definition) is 12. The standard InChI is InChI=1S/C33H32N2O10S/c1-18(36)41-17-28-29(42-19(2)37)30(43-20(3)38)31(44-21(4)39)32(45-28)35-27(23-9-7-6-8-10-23)15-25(26(16-34)33(35)46)22-11-13-24(40-5)14-12-22/h6-15,28-32H,17H2,1-5H3. The molecule has 2 heterocycles. The fourth-order valence-electron chi connectivity index (χ4n) is 5.23. The summed E-state index contributed by atoms with van der Waals surface area (Å²) in [6.45, 7) is 4.20. The summed E-state index contributed by atoms with van der Waals surface area (Å²) in [6, 6.07) is 20.1. The molecule has 0 saturated carbocycles. The molecule has 2 aromatic carbocycles. The minimum absolute atomic E-state index is 0.00979. The molecule has 1 fully saturated rings. The van der Waals surface area contributed by atoms with Crippen molar-refractivity contribution in [3.05, 3.63) is 70.9 Å². The molecule has 3 aromatic rings. The van der Waals surface area contributed by atoms with Crippen LogP contribution in [0.4, 0.5) is 0 Å². The van der Waals surface area contributed by atoms with Gasteiger partial charge in [0.2, 0.25) is 0 Å². The monoisotopic (exact) mass is 648 g/mol. The molecule has 1 aliphatic rings. The molecule has 0 radical (unpaired) electrons. The average molecular weight is 649 g/mol. The Morgan fingerprint density at radius 1 is 0.826 bits per heavy atom. The van der Waals surface area contributed by atoms with Crippen molar-refractivity contribution in [2.75, 3.05) is 13.7 Å². The summed E-state index contributed by atoms with van der Waals surface area (Å²) in [6.07, 6.45) is -6.80. The van der Waals surface area contributed by atoms with E-state index in [2.05, 4.69) is 6.07 Å². The van der Waals surface area contributed by atoms with E-state index in [0.717, 1.165) is 20.8 Å². The minimum Gasteiger partial charge on any atom is -0.497 e. The summed E-state index contributed by atoms with van der Waals surface area (Å²) in [5.74, 6) is -2.32. The van der Waals surface area contributed by atoms with E-state index in [4.69, 9.17) is 40.6 Å². The molecule has 0 bridgehead atoms. The Hall–Kier alpha value is -5.06. The van der Waals surface area contributed by atoms with Gasteiger partial charge in [-0.15, -0.1) is 0 Å². The summed E-state index contributed by atoms with van der Waals surface area (Å²) in [4.78, 5) is 48.9. The molecule has 5 atom stereocenters. The molecular weight excluding hydrogens is 616 g/mol. The number of carbonyl (C=O) groups is 4. The zero-order valence-electron chi connectivity index (χ0n) is 25.8. The predicted molar refractivity (Wildman–Crippen MR) is 165 cm³/mol. The number of aromatic nitrogens is 1. The van der Waals surface area contributed by atoms with E-state index >= 15 is 0 Å². The number of rotatable bonds is 9. The molecule has 5 unspecified atom stereocenters. The molecule has 12 nitrogen and oxygen atoms in total. The van der Waals surface area contributed by atoms with Gasteiger partial charge in [-0.1, -0.05) is 54.7 Å². The topological polar surface area (TPSA) is 152 Å². The molecule has 4 rings (SSSR count). The maximum atomic E-state index is 12.5. The average Bonchev–Trinajstić information content (AvgIpc) is 3.01. The SMILES string of the molecule is COc1ccc(-c2cc(-c3ccccc3)n(C3OC(COC(C)=O)C(OC(C)=O)C(OC(C)=O)C3OC(C)=O)c(=S)c2C#N)cc1. The first-order valence-corrected chi connectivity index (χ1v) is 14.6. The highest BCUT2D eigenvalue weighted by molar-refractivity contribution is 7.71. The van der Waals surface area contributed by atoms with Gasteiger partial charge in [-0.05, 0) is 29.3 Å². The minimum atomic E-state index is -1.44. The Labute approximate surface area is 270 Å². The van der Waals surface area contributed by atoms with Gasteiger partial charge in [0.1, 0.15) is 29.2 Å². The highest BCUT2D eigenvalue weighted by Gasteiger charge is 2.53. The molecule has 0 aliphatic carbocycles. The lowest BCUT2D eigenvalue weighted by Crippen LogP contribution is -2.60. The third-order valence-electron chi connectivity index (χ3n) is 7.05. The molecular formula is C33H32N2O10S. The summed E-state index contributed by atoms with van der Waals surface area (Å²) in [7, 11) is 1.55. The Kier molecular flexibility index (Phi) is 10.9. The molecule has 0 spiro atoms. The van der Waals surface area contributed by atoms with Crippen LogP contribution in [0.25, 0.3) is 22.4 Å². The van der Waals surface area contributed by atoms with Gasteiger partial charge in [0.15, 0.2) is 24.5 Å². The molecule has 46 heavy (non-hydrogen) atoms. The van der Waals surface area contributed by atoms with Crippen LogP contribution in [-0.4, -0.2) is 66.6 Å². The van der Waals surface area contributed by atoms with Crippen molar-refractivity contribution in [1.82, 2.24) is 4.57 Å². The first-order chi connectivity index (χ1) is 21.9. The molecule has 0 amide bonds. The third kappa shape index (κ3) is 7.59. The Bertz CT molecular complexity index is 1720. The summed E-state index contributed by atoms with van der Waals surface area (Å²) in [5, 5.41) is 10.4. The third-order valence-corrected chi connectivity index (χ3v) is 7.45. The Morgan fingerprint density at radius 2 is 1.41 bits per heavy atom. The van der Waals surface area contributed by atoms with Crippen molar-refractivity contribution in [2.45, 2.75) is 58.3 Å². The lowest BCUT2D eigenvalue weighted by Gasteiger charge is -2.45. The van der Waals surface area contributed by atoms with Crippen LogP contribution in [0.5, 0.6) is 5.75 Å². The summed E-state index contributed by atoms with van der Waals surface area (Å²) in [5.41, 5.74) is 2.40. The number of benzene rings is 2. The quantitative estimate of drug-likeness (QED) is 0.180. The number of hydrogen-bond donors (Lipinski definition) is 0. The number of pyridine rings is 1. The van der Waals surface area contributed by atoms with Crippen LogP contribution in [0.15, 0.2) is 60.7 Å². The second-order valence-electron chi connectivity index (χ2n) is 10.3. The zero-order chi connectivity index (χ0) is 33.5. The van der Waals surface area contributed by atoms with Crippen LogP contribution in [0.2, 0.25) is 0 Å². The van der Waals surface area contributed by atoms with E-state index in [9.17, 15) is 24.4 Å². The van der Waals surface area contributed by atoms with Crippen molar-refractivity contribution in [3.63, 3.8) is 0 Å². The van der Waals surface area contributed by atoms with Crippen LogP contribution in [0.1, 0.15) is 39.5 Å². The molecule has 1 saturated heterocycles. The molecule has 0 N–H and O–H groups in total. The number of nitriles is 1. The Morgan fingerprint density at radius 3 is 1.96 bits per heavy atom. The van der Waals surface area contributed by atoms with E-state index in [1.807, 2.05) is 18.2 Å². The molecule has 1 aliphatic heterocycles. The van der Waals surface area contributed by atoms with Crippen molar-refractivity contribution >= 4 is 36.1 Å². The van der Waals surface area contributed by atoms with E-state index in [1.165, 1.54) is 11.5 Å². The molecule has 13 heteroatoms. The van der Waals surface area contributed by atoms with Crippen molar-refractivity contribution in [1.29, 1.82) is 5.26 Å². The first kappa shape index (κ1) is 33.8. The van der Waals surface area contributed by atoms with Crippen LogP contribution >= 0.6 is 12.2 Å². The van der Waals surface area contributed by atoms with Crippen molar-refractivity contribution < 1.29 is 47.6 Å². The van der Waals surface area contributed by atoms with Gasteiger partial charge in [0.25, 0.3) is 0 Å². The number of esters is 4. The van der Waals surface area contributed by atoms with Gasteiger partial charge < -0.3 is 33.0 Å². The van der Waals surface area contributed by atoms with Crippen LogP contribution in [-0.2, 0) is 42.9 Å². The lowest BCUT2D eigenvalue weighted by atomic mass is 9.95. The number of ether oxygens (including phenoxy) is 6. The van der Waals surface area contributed by atoms with E-state index < -0.39 is 61.1 Å². The van der Waals surface area contributed by atoms with Gasteiger partial charge in [-0.25, -0.2) is 0 Å². The maximum Gasteiger partial charge on any atom is 0.303 e. The van der Waals surface area contributed by atoms with E-state index in [0.29, 0.717) is 28.1 Å². The highest BCUT2D eigenvalue weighted by Crippen LogP contribution is 2.40. The predicted octanol–water partition coefficient (Wildman–Crippen LogP) is 4.69. The zero-order valence-corrected chi connectivity index (χ0v) is 26.6. The fourth-order valence-corrected chi connectivity index (χ4v) is 5.58. The van der Waals surface area contributed by atoms with Crippen LogP contribution < -0.4 is 4.74 Å². The smallest absolute Gasteiger partial charge is 0.303 e.